The van der Waals surface area contributed by atoms with E-state index in [4.69, 9.17) is 5.73 Å². The highest BCUT2D eigenvalue weighted by Gasteiger charge is 2.32. The summed E-state index contributed by atoms with van der Waals surface area (Å²) in [7, 11) is 0. The number of benzene rings is 1. The molecule has 5 nitrogen and oxygen atoms in total. The molecule has 4 N–H and O–H groups in total. The number of primary amides is 1. The number of amides is 2. The van der Waals surface area contributed by atoms with Crippen LogP contribution in [-0.2, 0) is 9.59 Å². The molecule has 0 spiro atoms. The van der Waals surface area contributed by atoms with Gasteiger partial charge in [0.2, 0.25) is 5.91 Å². The standard InChI is InChI=1S/C19H29N3O2/c1-4-13(2)16-7-5-6-8-17(16)21-19(24)14(3)22-11-9-15(10-12-22)18(20)23/h5-8,13-15H,4,9-12H2,1-3H3,(H2,20,23)(H,21,24)/p+1/t13-,14-/m1/s1. The maximum absolute atomic E-state index is 12.7. The zero-order chi connectivity index (χ0) is 17.7. The first-order valence-corrected chi connectivity index (χ1v) is 8.97. The molecule has 0 saturated carbocycles. The minimum atomic E-state index is -0.214. The van der Waals surface area contributed by atoms with E-state index in [9.17, 15) is 9.59 Å². The Kier molecular flexibility index (Phi) is 6.37. The first-order chi connectivity index (χ1) is 11.4. The molecule has 1 aliphatic heterocycles. The number of nitrogens with two attached hydrogens (primary N) is 1. The lowest BCUT2D eigenvalue weighted by atomic mass is 9.95. The van der Waals surface area contributed by atoms with E-state index >= 15 is 0 Å². The Morgan fingerprint density at radius 1 is 1.25 bits per heavy atom. The lowest BCUT2D eigenvalue weighted by Gasteiger charge is -2.31. The fourth-order valence-electron chi connectivity index (χ4n) is 3.39. The van der Waals surface area contributed by atoms with Gasteiger partial charge in [-0.2, -0.15) is 0 Å². The van der Waals surface area contributed by atoms with Crippen molar-refractivity contribution in [2.24, 2.45) is 11.7 Å². The molecule has 0 aromatic heterocycles. The molecule has 5 heteroatoms. The minimum absolute atomic E-state index is 0.0323. The number of carbonyl (C=O) groups is 2. The third kappa shape index (κ3) is 4.35. The topological polar surface area (TPSA) is 76.6 Å². The summed E-state index contributed by atoms with van der Waals surface area (Å²) in [5.74, 6) is 0.206. The van der Waals surface area contributed by atoms with Crippen molar-refractivity contribution >= 4 is 17.5 Å². The number of hydrogen-bond donors (Lipinski definition) is 3. The van der Waals surface area contributed by atoms with E-state index in [0.717, 1.165) is 38.0 Å². The molecule has 0 bridgehead atoms. The number of carbonyl (C=O) groups excluding carboxylic acids is 2. The average Bonchev–Trinajstić information content (AvgIpc) is 2.60. The van der Waals surface area contributed by atoms with E-state index in [2.05, 4.69) is 25.2 Å². The monoisotopic (exact) mass is 332 g/mol. The van der Waals surface area contributed by atoms with Gasteiger partial charge in [-0.25, -0.2) is 0 Å². The molecule has 0 radical (unpaired) electrons. The highest BCUT2D eigenvalue weighted by atomic mass is 16.2. The average molecular weight is 332 g/mol. The number of piperidine rings is 1. The van der Waals surface area contributed by atoms with Crippen LogP contribution in [0, 0.1) is 5.92 Å². The van der Waals surface area contributed by atoms with Crippen molar-refractivity contribution in [2.75, 3.05) is 18.4 Å². The van der Waals surface area contributed by atoms with Crippen LogP contribution in [0.25, 0.3) is 0 Å². The zero-order valence-electron chi connectivity index (χ0n) is 15.0. The fourth-order valence-corrected chi connectivity index (χ4v) is 3.39. The molecule has 0 unspecified atom stereocenters. The van der Waals surface area contributed by atoms with Crippen LogP contribution in [0.1, 0.15) is 51.5 Å². The van der Waals surface area contributed by atoms with Gasteiger partial charge in [0, 0.05) is 24.4 Å². The SMILES string of the molecule is CC[C@@H](C)c1ccccc1NC(=O)[C@@H](C)[NH+]1CCC(C(N)=O)CC1. The normalized spacial score (nSPS) is 23.3. The van der Waals surface area contributed by atoms with Crippen molar-refractivity contribution < 1.29 is 14.5 Å². The highest BCUT2D eigenvalue weighted by Crippen LogP contribution is 2.26. The lowest BCUT2D eigenvalue weighted by Crippen LogP contribution is -3.17. The van der Waals surface area contributed by atoms with E-state index in [1.165, 1.54) is 10.5 Å². The predicted octanol–water partition coefficient (Wildman–Crippen LogP) is 1.31. The smallest absolute Gasteiger partial charge is 0.282 e. The largest absolute Gasteiger partial charge is 0.369 e. The Morgan fingerprint density at radius 3 is 2.46 bits per heavy atom. The van der Waals surface area contributed by atoms with E-state index in [-0.39, 0.29) is 23.8 Å². The molecule has 0 aliphatic carbocycles. The third-order valence-electron chi connectivity index (χ3n) is 5.40. The third-order valence-corrected chi connectivity index (χ3v) is 5.40. The molecule has 2 rings (SSSR count). The molecule has 1 aliphatic rings. The van der Waals surface area contributed by atoms with Gasteiger partial charge in [-0.15, -0.1) is 0 Å². The van der Waals surface area contributed by atoms with Crippen LogP contribution >= 0.6 is 0 Å². The van der Waals surface area contributed by atoms with Crippen molar-refractivity contribution in [3.63, 3.8) is 0 Å². The van der Waals surface area contributed by atoms with Gasteiger partial charge in [0.15, 0.2) is 6.04 Å². The molecule has 1 aromatic carbocycles. The fraction of sp³-hybridized carbons (Fsp3) is 0.579. The van der Waals surface area contributed by atoms with Crippen LogP contribution < -0.4 is 16.0 Å². The first kappa shape index (κ1) is 18.5. The van der Waals surface area contributed by atoms with Crippen LogP contribution in [-0.4, -0.2) is 30.9 Å². The van der Waals surface area contributed by atoms with Gasteiger partial charge in [0.1, 0.15) is 0 Å². The summed E-state index contributed by atoms with van der Waals surface area (Å²) in [6, 6.07) is 7.89. The predicted molar refractivity (Wildman–Crippen MR) is 95.9 cm³/mol. The number of rotatable bonds is 6. The lowest BCUT2D eigenvalue weighted by molar-refractivity contribution is -0.919. The molecule has 1 heterocycles. The van der Waals surface area contributed by atoms with Crippen LogP contribution in [0.15, 0.2) is 24.3 Å². The molecule has 1 saturated heterocycles. The summed E-state index contributed by atoms with van der Waals surface area (Å²) in [6.07, 6.45) is 2.58. The van der Waals surface area contributed by atoms with Crippen molar-refractivity contribution in [1.82, 2.24) is 0 Å². The molecule has 24 heavy (non-hydrogen) atoms. The zero-order valence-corrected chi connectivity index (χ0v) is 15.0. The second kappa shape index (κ2) is 8.29. The minimum Gasteiger partial charge on any atom is -0.369 e. The van der Waals surface area contributed by atoms with E-state index in [1.54, 1.807) is 0 Å². The molecule has 2 amide bonds. The molecule has 1 aromatic rings. The summed E-state index contributed by atoms with van der Waals surface area (Å²) in [5, 5.41) is 3.11. The number of hydrogen-bond acceptors (Lipinski definition) is 2. The van der Waals surface area contributed by atoms with Gasteiger partial charge in [-0.3, -0.25) is 9.59 Å². The Balaban J connectivity index is 1.99. The van der Waals surface area contributed by atoms with Crippen LogP contribution in [0.5, 0.6) is 0 Å². The summed E-state index contributed by atoms with van der Waals surface area (Å²) < 4.78 is 0. The maximum atomic E-state index is 12.7. The van der Waals surface area contributed by atoms with Gasteiger partial charge in [-0.05, 0) is 30.9 Å². The van der Waals surface area contributed by atoms with Crippen LogP contribution in [0.4, 0.5) is 5.69 Å². The highest BCUT2D eigenvalue weighted by molar-refractivity contribution is 5.94. The van der Waals surface area contributed by atoms with Gasteiger partial charge >= 0.3 is 0 Å². The van der Waals surface area contributed by atoms with E-state index in [1.807, 2.05) is 25.1 Å². The number of likely N-dealkylation sites (tertiary alicyclic amines) is 1. The number of nitrogens with one attached hydrogen (secondary N) is 2. The van der Waals surface area contributed by atoms with Gasteiger partial charge in [0.05, 0.1) is 13.1 Å². The van der Waals surface area contributed by atoms with Crippen LogP contribution in [0.2, 0.25) is 0 Å². The Bertz CT molecular complexity index is 580. The second-order valence-electron chi connectivity index (χ2n) is 6.94. The second-order valence-corrected chi connectivity index (χ2v) is 6.94. The van der Waals surface area contributed by atoms with E-state index in [0.29, 0.717) is 5.92 Å². The van der Waals surface area contributed by atoms with Crippen molar-refractivity contribution in [3.8, 4) is 0 Å². The van der Waals surface area contributed by atoms with E-state index < -0.39 is 0 Å². The number of para-hydroxylation sites is 1. The van der Waals surface area contributed by atoms with Crippen molar-refractivity contribution in [2.45, 2.75) is 52.0 Å². The van der Waals surface area contributed by atoms with Crippen molar-refractivity contribution in [1.29, 1.82) is 0 Å². The summed E-state index contributed by atoms with van der Waals surface area (Å²) in [4.78, 5) is 25.2. The van der Waals surface area contributed by atoms with Crippen LogP contribution in [0.3, 0.4) is 0 Å². The molecular weight excluding hydrogens is 302 g/mol. The molecule has 2 atom stereocenters. The molecule has 132 valence electrons. The molecule has 1 fully saturated rings. The maximum Gasteiger partial charge on any atom is 0.282 e. The first-order valence-electron chi connectivity index (χ1n) is 8.97. The summed E-state index contributed by atoms with van der Waals surface area (Å²) >= 11 is 0. The Labute approximate surface area is 144 Å². The van der Waals surface area contributed by atoms with Gasteiger partial charge in [-0.1, -0.05) is 32.0 Å². The van der Waals surface area contributed by atoms with Crippen molar-refractivity contribution in [3.05, 3.63) is 29.8 Å². The Hall–Kier alpha value is -1.88. The number of quaternary nitrogens is 1. The molecular formula is C19H30N3O2+. The quantitative estimate of drug-likeness (QED) is 0.734. The summed E-state index contributed by atoms with van der Waals surface area (Å²) in [5.41, 5.74) is 7.48. The van der Waals surface area contributed by atoms with Gasteiger partial charge < -0.3 is 16.0 Å². The summed E-state index contributed by atoms with van der Waals surface area (Å²) in [6.45, 7) is 7.92. The number of anilines is 1. The van der Waals surface area contributed by atoms with Gasteiger partial charge in [0.25, 0.3) is 5.91 Å². The Morgan fingerprint density at radius 2 is 1.88 bits per heavy atom.